The molecule has 0 aliphatic rings. The van der Waals surface area contributed by atoms with Gasteiger partial charge in [-0.3, -0.25) is 0 Å². The first-order valence-corrected chi connectivity index (χ1v) is 2.33. The molecular weight excluding hydrogens is 71.1 g/mol. The van der Waals surface area contributed by atoms with Gasteiger partial charge in [0.15, 0.2) is 0 Å². The van der Waals surface area contributed by atoms with Crippen molar-refractivity contribution < 1.29 is 4.11 Å². The summed E-state index contributed by atoms with van der Waals surface area (Å²) >= 11 is 0. The Morgan fingerprint density at radius 1 is 2.00 bits per heavy atom. The second-order valence-corrected chi connectivity index (χ2v) is 1.46. The van der Waals surface area contributed by atoms with E-state index in [1.807, 2.05) is 6.92 Å². The Kier molecular flexibility index (Phi) is 3.26. The highest BCUT2D eigenvalue weighted by molar-refractivity contribution is 6.25. The summed E-state index contributed by atoms with van der Waals surface area (Å²) < 4.78 is 10.8. The van der Waals surface area contributed by atoms with Crippen molar-refractivity contribution in [2.45, 2.75) is 13.0 Å². The largest absolute Gasteiger partial charge is 0.315 e. The van der Waals surface area contributed by atoms with Crippen LogP contribution in [0.15, 0.2) is 0 Å². The first-order valence-electron chi connectivity index (χ1n) is 1.25. The zero-order valence-electron chi connectivity index (χ0n) is 2.59. The van der Waals surface area contributed by atoms with Crippen LogP contribution in [0.25, 0.3) is 0 Å². The molecule has 0 atom stereocenters. The lowest BCUT2D eigenvalue weighted by atomic mass is 11.0. The van der Waals surface area contributed by atoms with E-state index in [1.165, 1.54) is 0 Å². The second kappa shape index (κ2) is 3.15. The molecule has 0 saturated heterocycles. The third-order valence-electron chi connectivity index (χ3n) is 0.134. The Balaban J connectivity index is 1.97. The normalized spacial score (nSPS) is 7.50. The zero-order valence-corrected chi connectivity index (χ0v) is 3.59. The van der Waals surface area contributed by atoms with Crippen LogP contribution in [0, 0.1) is 0 Å². The molecule has 0 unspecified atom stereocenters. The third kappa shape index (κ3) is 2.15. The van der Waals surface area contributed by atoms with Crippen molar-refractivity contribution in [1.29, 1.82) is 0 Å². The summed E-state index contributed by atoms with van der Waals surface area (Å²) in [6.07, 6.45) is 0. The van der Waals surface area contributed by atoms with Gasteiger partial charge in [-0.05, 0) is 6.04 Å². The van der Waals surface area contributed by atoms with Crippen LogP contribution in [-0.4, -0.2) is 9.85 Å². The standard InChI is InChI=1S/C2H5FSi/c1-2-4-3/h2H2,1H3. The Bertz CT molecular complexity index is 8.00. The van der Waals surface area contributed by atoms with Gasteiger partial charge < -0.3 is 4.11 Å². The third-order valence-corrected chi connectivity index (χ3v) is 0.401. The zero-order chi connectivity index (χ0) is 3.41. The quantitative estimate of drug-likeness (QED) is 0.323. The fraction of sp³-hybridized carbons (Fsp3) is 1.00. The molecular formula is C2H5FSi. The number of hydrogen-bond donors (Lipinski definition) is 0. The second-order valence-electron chi connectivity index (χ2n) is 0.487. The van der Waals surface area contributed by atoms with Gasteiger partial charge >= 0.3 is 0 Å². The van der Waals surface area contributed by atoms with Crippen molar-refractivity contribution in [2.75, 3.05) is 0 Å². The molecule has 0 amide bonds. The molecule has 2 radical (unpaired) electrons. The van der Waals surface area contributed by atoms with Crippen molar-refractivity contribution >= 4 is 9.85 Å². The van der Waals surface area contributed by atoms with Crippen LogP contribution >= 0.6 is 0 Å². The summed E-state index contributed by atoms with van der Waals surface area (Å²) in [5.41, 5.74) is 0. The molecule has 0 bridgehead atoms. The Morgan fingerprint density at radius 2 is 2.25 bits per heavy atom. The number of rotatable bonds is 1. The van der Waals surface area contributed by atoms with Gasteiger partial charge in [0.25, 0.3) is 9.85 Å². The molecule has 0 aromatic carbocycles. The van der Waals surface area contributed by atoms with Crippen molar-refractivity contribution in [3.8, 4) is 0 Å². The number of halogens is 1. The first-order chi connectivity index (χ1) is 1.91. The summed E-state index contributed by atoms with van der Waals surface area (Å²) in [7, 11) is -0.360. The maximum Gasteiger partial charge on any atom is 0.294 e. The van der Waals surface area contributed by atoms with Gasteiger partial charge in [-0.2, -0.15) is 0 Å². The van der Waals surface area contributed by atoms with Gasteiger partial charge in [-0.1, -0.05) is 6.92 Å². The van der Waals surface area contributed by atoms with Crippen LogP contribution in [-0.2, 0) is 0 Å². The van der Waals surface area contributed by atoms with E-state index in [0.29, 0.717) is 6.04 Å². The molecule has 0 fully saturated rings. The van der Waals surface area contributed by atoms with E-state index < -0.39 is 0 Å². The van der Waals surface area contributed by atoms with Crippen LogP contribution < -0.4 is 0 Å². The maximum absolute atomic E-state index is 10.8. The van der Waals surface area contributed by atoms with Crippen molar-refractivity contribution in [3.05, 3.63) is 0 Å². The van der Waals surface area contributed by atoms with E-state index in [4.69, 9.17) is 0 Å². The molecule has 0 aromatic rings. The monoisotopic (exact) mass is 76.0 g/mol. The molecule has 0 rings (SSSR count). The van der Waals surface area contributed by atoms with E-state index >= 15 is 0 Å². The molecule has 0 aliphatic heterocycles. The van der Waals surface area contributed by atoms with Gasteiger partial charge in [-0.25, -0.2) is 0 Å². The molecule has 2 heteroatoms. The number of hydrogen-bond acceptors (Lipinski definition) is 0. The molecule has 0 N–H and O–H groups in total. The molecule has 4 heavy (non-hydrogen) atoms. The Hall–Kier alpha value is 0.147. The lowest BCUT2D eigenvalue weighted by Gasteiger charge is -1.59. The fourth-order valence-electron chi connectivity index (χ4n) is 0. The predicted molar refractivity (Wildman–Crippen MR) is 17.3 cm³/mol. The van der Waals surface area contributed by atoms with Gasteiger partial charge in [-0.15, -0.1) is 0 Å². The van der Waals surface area contributed by atoms with E-state index in [1.54, 1.807) is 0 Å². The molecule has 0 aromatic heterocycles. The molecule has 0 nitrogen and oxygen atoms in total. The maximum atomic E-state index is 10.8. The molecule has 0 heterocycles. The van der Waals surface area contributed by atoms with Gasteiger partial charge in [0.05, 0.1) is 0 Å². The summed E-state index contributed by atoms with van der Waals surface area (Å²) in [5, 5.41) is 0. The molecule has 0 aliphatic carbocycles. The molecule has 0 spiro atoms. The average Bonchev–Trinajstić information content (AvgIpc) is 1.37. The summed E-state index contributed by atoms with van der Waals surface area (Å²) in [5.74, 6) is 0. The minimum absolute atomic E-state index is 0.360. The van der Waals surface area contributed by atoms with Crippen LogP contribution in [0.1, 0.15) is 6.92 Å². The summed E-state index contributed by atoms with van der Waals surface area (Å²) in [6, 6.07) is 0.681. The Morgan fingerprint density at radius 3 is 2.25 bits per heavy atom. The summed E-state index contributed by atoms with van der Waals surface area (Å²) in [6.45, 7) is 1.82. The van der Waals surface area contributed by atoms with Gasteiger partial charge in [0.1, 0.15) is 0 Å². The lowest BCUT2D eigenvalue weighted by molar-refractivity contribution is 0.863. The molecule has 24 valence electrons. The smallest absolute Gasteiger partial charge is 0.294 e. The van der Waals surface area contributed by atoms with Gasteiger partial charge in [0, 0.05) is 0 Å². The lowest BCUT2D eigenvalue weighted by Crippen LogP contribution is -1.64. The van der Waals surface area contributed by atoms with E-state index in [2.05, 4.69) is 0 Å². The van der Waals surface area contributed by atoms with Crippen molar-refractivity contribution in [2.24, 2.45) is 0 Å². The van der Waals surface area contributed by atoms with Crippen LogP contribution in [0.2, 0.25) is 6.04 Å². The Labute approximate surface area is 28.0 Å². The van der Waals surface area contributed by atoms with Crippen molar-refractivity contribution in [1.82, 2.24) is 0 Å². The van der Waals surface area contributed by atoms with E-state index in [-0.39, 0.29) is 9.85 Å². The van der Waals surface area contributed by atoms with E-state index in [0.717, 1.165) is 0 Å². The SMILES string of the molecule is CC[Si]F. The topological polar surface area (TPSA) is 0 Å². The summed E-state index contributed by atoms with van der Waals surface area (Å²) in [4.78, 5) is 0. The van der Waals surface area contributed by atoms with E-state index in [9.17, 15) is 4.11 Å². The minimum Gasteiger partial charge on any atom is -0.315 e. The predicted octanol–water partition coefficient (Wildman–Crippen LogP) is 1.01. The van der Waals surface area contributed by atoms with Crippen molar-refractivity contribution in [3.63, 3.8) is 0 Å². The van der Waals surface area contributed by atoms with Crippen LogP contribution in [0.5, 0.6) is 0 Å². The highest BCUT2D eigenvalue weighted by Gasteiger charge is 1.68. The van der Waals surface area contributed by atoms with Crippen LogP contribution in [0.3, 0.4) is 0 Å². The van der Waals surface area contributed by atoms with Gasteiger partial charge in [0.2, 0.25) is 0 Å². The highest BCUT2D eigenvalue weighted by atomic mass is 28.3. The average molecular weight is 76.1 g/mol. The minimum atomic E-state index is -0.360. The molecule has 0 saturated carbocycles. The van der Waals surface area contributed by atoms with Crippen LogP contribution in [0.4, 0.5) is 4.11 Å². The first kappa shape index (κ1) is 4.15. The highest BCUT2D eigenvalue weighted by Crippen LogP contribution is 1.67. The fourth-order valence-corrected chi connectivity index (χ4v) is 0.